The molecule has 0 fully saturated rings. The van der Waals surface area contributed by atoms with Crippen LogP contribution in [0.5, 0.6) is 0 Å². The Morgan fingerprint density at radius 1 is 1.45 bits per heavy atom. The van der Waals surface area contributed by atoms with Crippen molar-refractivity contribution in [2.45, 2.75) is 25.9 Å². The van der Waals surface area contributed by atoms with Crippen LogP contribution in [0.15, 0.2) is 4.99 Å². The summed E-state index contributed by atoms with van der Waals surface area (Å²) < 4.78 is 36.3. The highest BCUT2D eigenvalue weighted by Crippen LogP contribution is 2.32. The summed E-state index contributed by atoms with van der Waals surface area (Å²) in [5.74, 6) is -1.28. The highest BCUT2D eigenvalue weighted by Gasteiger charge is 2.41. The number of halogens is 3. The Morgan fingerprint density at radius 3 is 2.45 bits per heavy atom. The Kier molecular flexibility index (Phi) is 2.20. The molecule has 0 amide bonds. The van der Waals surface area contributed by atoms with Gasteiger partial charge in [0.05, 0.1) is 5.92 Å². The van der Waals surface area contributed by atoms with Crippen LogP contribution in [-0.4, -0.2) is 18.4 Å². The maximum atomic E-state index is 12.1. The highest BCUT2D eigenvalue weighted by atomic mass is 19.4. The smallest absolute Gasteiger partial charge is 0.294 e. The van der Waals surface area contributed by atoms with Gasteiger partial charge in [-0.25, -0.2) is 0 Å². The van der Waals surface area contributed by atoms with Crippen molar-refractivity contribution >= 4 is 5.71 Å². The van der Waals surface area contributed by atoms with Gasteiger partial charge in [-0.1, -0.05) is 0 Å². The molecule has 1 nitrogen and oxygen atoms in total. The fourth-order valence-corrected chi connectivity index (χ4v) is 1.27. The standard InChI is InChI=1S/C7H10F3N/c1-5-6(7(8,9)10)3-2-4-11-5/h6H,2-4H2,1H3. The molecule has 0 N–H and O–H groups in total. The molecule has 1 heterocycles. The van der Waals surface area contributed by atoms with Crippen LogP contribution in [0, 0.1) is 5.92 Å². The summed E-state index contributed by atoms with van der Waals surface area (Å²) in [6.07, 6.45) is -3.33. The van der Waals surface area contributed by atoms with Crippen LogP contribution >= 0.6 is 0 Å². The molecule has 0 saturated heterocycles. The maximum absolute atomic E-state index is 12.1. The molecule has 0 aliphatic carbocycles. The summed E-state index contributed by atoms with van der Waals surface area (Å²) in [7, 11) is 0. The van der Waals surface area contributed by atoms with Crippen molar-refractivity contribution in [3.8, 4) is 0 Å². The predicted molar refractivity (Wildman–Crippen MR) is 36.8 cm³/mol. The fraction of sp³-hybridized carbons (Fsp3) is 0.857. The summed E-state index contributed by atoms with van der Waals surface area (Å²) in [5, 5.41) is 0. The first-order valence-electron chi connectivity index (χ1n) is 3.59. The predicted octanol–water partition coefficient (Wildman–Crippen LogP) is 2.42. The Labute approximate surface area is 63.3 Å². The molecule has 0 aromatic heterocycles. The van der Waals surface area contributed by atoms with Crippen molar-refractivity contribution in [3.63, 3.8) is 0 Å². The van der Waals surface area contributed by atoms with E-state index >= 15 is 0 Å². The molecule has 1 aliphatic heterocycles. The lowest BCUT2D eigenvalue weighted by molar-refractivity contribution is -0.157. The Hall–Kier alpha value is -0.540. The van der Waals surface area contributed by atoms with E-state index < -0.39 is 12.1 Å². The molecular weight excluding hydrogens is 155 g/mol. The van der Waals surface area contributed by atoms with E-state index in [2.05, 4.69) is 4.99 Å². The lowest BCUT2D eigenvalue weighted by Crippen LogP contribution is -2.31. The molecule has 0 saturated carbocycles. The highest BCUT2D eigenvalue weighted by molar-refractivity contribution is 5.85. The number of hydrogen-bond acceptors (Lipinski definition) is 1. The van der Waals surface area contributed by atoms with Gasteiger partial charge in [0.25, 0.3) is 0 Å². The average molecular weight is 165 g/mol. The summed E-state index contributed by atoms with van der Waals surface area (Å²) in [5.41, 5.74) is 0.240. The quantitative estimate of drug-likeness (QED) is 0.522. The molecule has 0 bridgehead atoms. The molecule has 1 unspecified atom stereocenters. The van der Waals surface area contributed by atoms with Crippen LogP contribution in [-0.2, 0) is 0 Å². The van der Waals surface area contributed by atoms with Gasteiger partial charge in [-0.3, -0.25) is 4.99 Å². The first-order chi connectivity index (χ1) is 5.02. The normalized spacial score (nSPS) is 26.5. The second-order valence-electron chi connectivity index (χ2n) is 2.76. The molecule has 0 spiro atoms. The van der Waals surface area contributed by atoms with E-state index in [0.717, 1.165) is 0 Å². The number of aliphatic imine (C=N–C) groups is 1. The molecule has 0 aromatic rings. The topological polar surface area (TPSA) is 12.4 Å². The Bertz CT molecular complexity index is 171. The fourth-order valence-electron chi connectivity index (χ4n) is 1.27. The van der Waals surface area contributed by atoms with Crippen molar-refractivity contribution in [1.82, 2.24) is 0 Å². The molecule has 1 rings (SSSR count). The SMILES string of the molecule is CC1=NCCCC1C(F)(F)F. The lowest BCUT2D eigenvalue weighted by atomic mass is 9.95. The average Bonchev–Trinajstić information content (AvgIpc) is 1.86. The molecule has 1 atom stereocenters. The number of alkyl halides is 3. The van der Waals surface area contributed by atoms with E-state index in [1.165, 1.54) is 6.92 Å². The van der Waals surface area contributed by atoms with E-state index in [-0.39, 0.29) is 12.1 Å². The lowest BCUT2D eigenvalue weighted by Gasteiger charge is -2.22. The minimum Gasteiger partial charge on any atom is -0.294 e. The minimum atomic E-state index is -4.09. The van der Waals surface area contributed by atoms with Gasteiger partial charge in [0.15, 0.2) is 0 Å². The molecule has 1 aliphatic rings. The van der Waals surface area contributed by atoms with Crippen molar-refractivity contribution in [1.29, 1.82) is 0 Å². The van der Waals surface area contributed by atoms with Crippen LogP contribution < -0.4 is 0 Å². The van der Waals surface area contributed by atoms with E-state index in [4.69, 9.17) is 0 Å². The summed E-state index contributed by atoms with van der Waals surface area (Å²) in [6.45, 7) is 2.01. The van der Waals surface area contributed by atoms with Crippen molar-refractivity contribution in [2.24, 2.45) is 10.9 Å². The zero-order chi connectivity index (χ0) is 8.48. The summed E-state index contributed by atoms with van der Waals surface area (Å²) >= 11 is 0. The Balaban J connectivity index is 2.71. The van der Waals surface area contributed by atoms with Gasteiger partial charge in [-0.05, 0) is 19.8 Å². The van der Waals surface area contributed by atoms with E-state index in [1.54, 1.807) is 0 Å². The van der Waals surface area contributed by atoms with Crippen LogP contribution in [0.2, 0.25) is 0 Å². The van der Waals surface area contributed by atoms with Crippen LogP contribution in [0.25, 0.3) is 0 Å². The van der Waals surface area contributed by atoms with Gasteiger partial charge in [-0.2, -0.15) is 13.2 Å². The molecule has 11 heavy (non-hydrogen) atoms. The largest absolute Gasteiger partial charge is 0.396 e. The minimum absolute atomic E-state index is 0.207. The number of hydrogen-bond donors (Lipinski definition) is 0. The molecule has 0 aromatic carbocycles. The van der Waals surface area contributed by atoms with E-state index in [1.807, 2.05) is 0 Å². The number of rotatable bonds is 0. The second kappa shape index (κ2) is 2.83. The van der Waals surface area contributed by atoms with Crippen LogP contribution in [0.3, 0.4) is 0 Å². The Morgan fingerprint density at radius 2 is 2.09 bits per heavy atom. The van der Waals surface area contributed by atoms with Gasteiger partial charge < -0.3 is 0 Å². The zero-order valence-corrected chi connectivity index (χ0v) is 6.28. The van der Waals surface area contributed by atoms with Crippen LogP contribution in [0.1, 0.15) is 19.8 Å². The van der Waals surface area contributed by atoms with E-state index in [9.17, 15) is 13.2 Å². The third-order valence-electron chi connectivity index (χ3n) is 1.91. The van der Waals surface area contributed by atoms with Crippen molar-refractivity contribution < 1.29 is 13.2 Å². The van der Waals surface area contributed by atoms with Gasteiger partial charge >= 0.3 is 6.18 Å². The van der Waals surface area contributed by atoms with E-state index in [0.29, 0.717) is 13.0 Å². The monoisotopic (exact) mass is 165 g/mol. The molecule has 4 heteroatoms. The molecular formula is C7H10F3N. The summed E-state index contributed by atoms with van der Waals surface area (Å²) in [6, 6.07) is 0. The zero-order valence-electron chi connectivity index (χ0n) is 6.28. The number of nitrogens with zero attached hydrogens (tertiary/aromatic N) is 1. The van der Waals surface area contributed by atoms with Gasteiger partial charge in [0.2, 0.25) is 0 Å². The molecule has 0 radical (unpaired) electrons. The van der Waals surface area contributed by atoms with Crippen LogP contribution in [0.4, 0.5) is 13.2 Å². The molecule has 64 valence electrons. The van der Waals surface area contributed by atoms with Gasteiger partial charge in [0, 0.05) is 12.3 Å². The van der Waals surface area contributed by atoms with Gasteiger partial charge in [-0.15, -0.1) is 0 Å². The van der Waals surface area contributed by atoms with Gasteiger partial charge in [0.1, 0.15) is 0 Å². The van der Waals surface area contributed by atoms with Crippen molar-refractivity contribution in [2.75, 3.05) is 6.54 Å². The third-order valence-corrected chi connectivity index (χ3v) is 1.91. The first-order valence-corrected chi connectivity index (χ1v) is 3.59. The van der Waals surface area contributed by atoms with Crippen molar-refractivity contribution in [3.05, 3.63) is 0 Å². The first kappa shape index (κ1) is 8.56. The maximum Gasteiger partial charge on any atom is 0.396 e. The third kappa shape index (κ3) is 1.94. The second-order valence-corrected chi connectivity index (χ2v) is 2.76. The summed E-state index contributed by atoms with van der Waals surface area (Å²) in [4.78, 5) is 3.77.